The largest absolute Gasteiger partial charge is 0.290 e. The molecule has 1 saturated heterocycles. The highest BCUT2D eigenvalue weighted by atomic mass is 32.2. The minimum Gasteiger partial charge on any atom is -0.290 e. The predicted molar refractivity (Wildman–Crippen MR) is 107 cm³/mol. The van der Waals surface area contributed by atoms with Crippen molar-refractivity contribution in [3.05, 3.63) is 70.4 Å². The fourth-order valence-electron chi connectivity index (χ4n) is 2.51. The smallest absolute Gasteiger partial charge is 0.266 e. The van der Waals surface area contributed by atoms with E-state index in [1.807, 2.05) is 18.2 Å². The summed E-state index contributed by atoms with van der Waals surface area (Å²) < 4.78 is 13.0. The Bertz CT molecular complexity index is 878. The molecule has 0 bridgehead atoms. The molecule has 1 heterocycles. The molecule has 26 heavy (non-hydrogen) atoms. The van der Waals surface area contributed by atoms with Crippen LogP contribution in [0, 0.1) is 5.82 Å². The monoisotopic (exact) mass is 368 g/mol. The van der Waals surface area contributed by atoms with Gasteiger partial charge in [-0.05, 0) is 58.6 Å². The molecule has 0 spiro atoms. The van der Waals surface area contributed by atoms with Crippen LogP contribution in [0.25, 0.3) is 6.08 Å². The van der Waals surface area contributed by atoms with Gasteiger partial charge in [-0.1, -0.05) is 45.0 Å². The molecule has 1 aliphatic heterocycles. The molecule has 134 valence electrons. The van der Waals surface area contributed by atoms with Gasteiger partial charge in [0, 0.05) is 7.05 Å². The Hall–Kier alpha value is -2.40. The summed E-state index contributed by atoms with van der Waals surface area (Å²) in [6, 6.07) is 14.1. The van der Waals surface area contributed by atoms with Gasteiger partial charge in [-0.3, -0.25) is 9.69 Å². The molecule has 3 nitrogen and oxygen atoms in total. The van der Waals surface area contributed by atoms with E-state index in [-0.39, 0.29) is 17.1 Å². The van der Waals surface area contributed by atoms with Crippen LogP contribution in [-0.4, -0.2) is 23.0 Å². The Labute approximate surface area is 157 Å². The standard InChI is InChI=1S/C21H21FN2OS/c1-21(2,3)15-7-5-14(6-8-15)13-18-19(25)24(4)20(26-18)23-17-11-9-16(22)10-12-17/h5-13H,1-4H3/b18-13+,23-20?. The summed E-state index contributed by atoms with van der Waals surface area (Å²) in [5.74, 6) is -0.396. The van der Waals surface area contributed by atoms with Crippen molar-refractivity contribution < 1.29 is 9.18 Å². The van der Waals surface area contributed by atoms with Gasteiger partial charge in [0.1, 0.15) is 5.82 Å². The van der Waals surface area contributed by atoms with Crippen LogP contribution in [0.5, 0.6) is 0 Å². The Balaban J connectivity index is 1.84. The molecule has 0 aromatic heterocycles. The highest BCUT2D eigenvalue weighted by Gasteiger charge is 2.30. The molecule has 3 rings (SSSR count). The van der Waals surface area contributed by atoms with E-state index in [9.17, 15) is 9.18 Å². The molecule has 0 N–H and O–H groups in total. The van der Waals surface area contributed by atoms with E-state index in [1.54, 1.807) is 19.2 Å². The number of carbonyl (C=O) groups excluding carboxylic acids is 1. The number of aliphatic imine (C=N–C) groups is 1. The minimum atomic E-state index is -0.309. The first-order chi connectivity index (χ1) is 12.2. The zero-order valence-electron chi connectivity index (χ0n) is 15.3. The molecule has 0 radical (unpaired) electrons. The van der Waals surface area contributed by atoms with Crippen LogP contribution in [0.2, 0.25) is 0 Å². The van der Waals surface area contributed by atoms with Crippen LogP contribution in [0.15, 0.2) is 58.4 Å². The van der Waals surface area contributed by atoms with E-state index in [1.165, 1.54) is 34.4 Å². The van der Waals surface area contributed by atoms with Crippen LogP contribution in [-0.2, 0) is 10.2 Å². The molecule has 0 aliphatic carbocycles. The van der Waals surface area contributed by atoms with Gasteiger partial charge in [0.15, 0.2) is 5.17 Å². The van der Waals surface area contributed by atoms with Crippen LogP contribution in [0.1, 0.15) is 31.9 Å². The fraction of sp³-hybridized carbons (Fsp3) is 0.238. The Kier molecular flexibility index (Phi) is 5.01. The lowest BCUT2D eigenvalue weighted by Crippen LogP contribution is -2.23. The van der Waals surface area contributed by atoms with E-state index in [2.05, 4.69) is 37.9 Å². The third-order valence-electron chi connectivity index (χ3n) is 4.13. The molecule has 2 aromatic carbocycles. The summed E-state index contributed by atoms with van der Waals surface area (Å²) in [5, 5.41) is 0.583. The molecule has 1 aliphatic rings. The second-order valence-electron chi connectivity index (χ2n) is 7.22. The van der Waals surface area contributed by atoms with E-state index in [0.717, 1.165) is 5.56 Å². The SMILES string of the molecule is CN1C(=O)/C(=C\c2ccc(C(C)(C)C)cc2)SC1=Nc1ccc(F)cc1. The normalized spacial score (nSPS) is 18.2. The van der Waals surface area contributed by atoms with Crippen molar-refractivity contribution in [1.29, 1.82) is 0 Å². The number of hydrogen-bond acceptors (Lipinski definition) is 3. The van der Waals surface area contributed by atoms with Crippen LogP contribution in [0.3, 0.4) is 0 Å². The Morgan fingerprint density at radius 1 is 1.04 bits per heavy atom. The van der Waals surface area contributed by atoms with Crippen LogP contribution >= 0.6 is 11.8 Å². The summed E-state index contributed by atoms with van der Waals surface area (Å²) in [6.45, 7) is 6.51. The van der Waals surface area contributed by atoms with Gasteiger partial charge in [0.05, 0.1) is 10.6 Å². The van der Waals surface area contributed by atoms with Crippen molar-refractivity contribution in [2.24, 2.45) is 4.99 Å². The number of amides is 1. The first kappa shape index (κ1) is 18.4. The van der Waals surface area contributed by atoms with Gasteiger partial charge < -0.3 is 0 Å². The molecular weight excluding hydrogens is 347 g/mol. The molecule has 1 amide bonds. The molecular formula is C21H21FN2OS. The number of amidine groups is 1. The quantitative estimate of drug-likeness (QED) is 0.669. The second kappa shape index (κ2) is 7.08. The lowest BCUT2D eigenvalue weighted by Gasteiger charge is -2.18. The average molecular weight is 368 g/mol. The molecule has 1 fully saturated rings. The maximum absolute atomic E-state index is 13.0. The lowest BCUT2D eigenvalue weighted by molar-refractivity contribution is -0.121. The number of hydrogen-bond donors (Lipinski definition) is 0. The summed E-state index contributed by atoms with van der Waals surface area (Å²) in [7, 11) is 1.70. The summed E-state index contributed by atoms with van der Waals surface area (Å²) in [4.78, 5) is 19.1. The third kappa shape index (κ3) is 4.05. The number of nitrogens with zero attached hydrogens (tertiary/aromatic N) is 2. The molecule has 0 atom stereocenters. The first-order valence-electron chi connectivity index (χ1n) is 8.36. The summed E-state index contributed by atoms with van der Waals surface area (Å²) in [6.07, 6.45) is 1.88. The summed E-state index contributed by atoms with van der Waals surface area (Å²) >= 11 is 1.32. The second-order valence-corrected chi connectivity index (χ2v) is 8.23. The minimum absolute atomic E-state index is 0.0873. The van der Waals surface area contributed by atoms with Crippen LogP contribution in [0.4, 0.5) is 10.1 Å². The number of thioether (sulfide) groups is 1. The topological polar surface area (TPSA) is 32.7 Å². The van der Waals surface area contributed by atoms with Gasteiger partial charge in [-0.25, -0.2) is 9.38 Å². The zero-order chi connectivity index (χ0) is 18.9. The zero-order valence-corrected chi connectivity index (χ0v) is 16.1. The molecule has 0 saturated carbocycles. The Morgan fingerprint density at radius 3 is 2.23 bits per heavy atom. The van der Waals surface area contributed by atoms with Crippen molar-refractivity contribution >= 4 is 34.6 Å². The van der Waals surface area contributed by atoms with E-state index in [4.69, 9.17) is 0 Å². The average Bonchev–Trinajstić information content (AvgIpc) is 2.85. The van der Waals surface area contributed by atoms with E-state index < -0.39 is 0 Å². The maximum Gasteiger partial charge on any atom is 0.266 e. The van der Waals surface area contributed by atoms with Crippen molar-refractivity contribution in [3.63, 3.8) is 0 Å². The third-order valence-corrected chi connectivity index (χ3v) is 5.19. The van der Waals surface area contributed by atoms with Crippen molar-refractivity contribution in [2.45, 2.75) is 26.2 Å². The number of rotatable bonds is 2. The van der Waals surface area contributed by atoms with E-state index >= 15 is 0 Å². The molecule has 5 heteroatoms. The Morgan fingerprint density at radius 2 is 1.65 bits per heavy atom. The highest BCUT2D eigenvalue weighted by molar-refractivity contribution is 8.18. The van der Waals surface area contributed by atoms with Gasteiger partial charge in [0.2, 0.25) is 0 Å². The number of benzene rings is 2. The van der Waals surface area contributed by atoms with Crippen molar-refractivity contribution in [1.82, 2.24) is 4.90 Å². The number of likely N-dealkylation sites (N-methyl/N-ethyl adjacent to an activating group) is 1. The predicted octanol–water partition coefficient (Wildman–Crippen LogP) is 5.36. The van der Waals surface area contributed by atoms with Gasteiger partial charge in [-0.15, -0.1) is 0 Å². The van der Waals surface area contributed by atoms with Gasteiger partial charge in [0.25, 0.3) is 5.91 Å². The van der Waals surface area contributed by atoms with Crippen LogP contribution < -0.4 is 0 Å². The molecule has 0 unspecified atom stereocenters. The first-order valence-corrected chi connectivity index (χ1v) is 9.18. The number of halogens is 1. The number of carbonyl (C=O) groups is 1. The van der Waals surface area contributed by atoms with Gasteiger partial charge >= 0.3 is 0 Å². The fourth-order valence-corrected chi connectivity index (χ4v) is 3.50. The molecule has 2 aromatic rings. The van der Waals surface area contributed by atoms with E-state index in [0.29, 0.717) is 15.8 Å². The van der Waals surface area contributed by atoms with Gasteiger partial charge in [-0.2, -0.15) is 0 Å². The lowest BCUT2D eigenvalue weighted by atomic mass is 9.87. The maximum atomic E-state index is 13.0. The van der Waals surface area contributed by atoms with Crippen molar-refractivity contribution in [2.75, 3.05) is 7.05 Å². The summed E-state index contributed by atoms with van der Waals surface area (Å²) in [5.41, 5.74) is 2.94. The highest BCUT2D eigenvalue weighted by Crippen LogP contribution is 2.33. The van der Waals surface area contributed by atoms with Crippen molar-refractivity contribution in [3.8, 4) is 0 Å².